The van der Waals surface area contributed by atoms with E-state index < -0.39 is 17.8 Å². The van der Waals surface area contributed by atoms with Crippen molar-refractivity contribution in [2.75, 3.05) is 20.0 Å². The van der Waals surface area contributed by atoms with Crippen molar-refractivity contribution in [3.8, 4) is 17.2 Å². The van der Waals surface area contributed by atoms with Crippen molar-refractivity contribution in [3.05, 3.63) is 65.4 Å². The maximum atomic E-state index is 13.3. The number of para-hydroxylation sites is 1. The number of benzene rings is 2. The van der Waals surface area contributed by atoms with Gasteiger partial charge in [-0.3, -0.25) is 14.6 Å². The molecule has 0 bridgehead atoms. The normalized spacial score (nSPS) is 21.4. The van der Waals surface area contributed by atoms with E-state index in [9.17, 15) is 9.59 Å². The Morgan fingerprint density at radius 2 is 1.88 bits per heavy atom. The second-order valence-electron chi connectivity index (χ2n) is 8.29. The first kappa shape index (κ1) is 21.2. The van der Waals surface area contributed by atoms with E-state index >= 15 is 0 Å². The molecular formula is C26H25NO6. The second-order valence-corrected chi connectivity index (χ2v) is 8.29. The molecule has 0 spiro atoms. The highest BCUT2D eigenvalue weighted by molar-refractivity contribution is 6.08. The summed E-state index contributed by atoms with van der Waals surface area (Å²) < 4.78 is 22.2. The van der Waals surface area contributed by atoms with E-state index in [-0.39, 0.29) is 25.8 Å². The number of esters is 1. The van der Waals surface area contributed by atoms with Crippen molar-refractivity contribution in [2.45, 2.75) is 32.1 Å². The average molecular weight is 447 g/mol. The largest absolute Gasteiger partial charge is 0.490 e. The van der Waals surface area contributed by atoms with Gasteiger partial charge in [0.15, 0.2) is 17.3 Å². The van der Waals surface area contributed by atoms with Crippen LogP contribution in [0.1, 0.15) is 37.7 Å². The van der Waals surface area contributed by atoms with E-state index in [1.165, 1.54) is 0 Å². The van der Waals surface area contributed by atoms with Gasteiger partial charge in [0.25, 0.3) is 0 Å². The number of aliphatic imine (C=N–C) groups is 1. The standard InChI is InChI=1S/C26H25NO6/c1-16-23(26(29)31-13-12-30-18-6-3-2-4-7-18)24(25-19(27-16)8-5-9-20(25)28)17-10-11-21-22(14-17)33-15-32-21/h2-4,6-7,10-11,14,23-24H,5,8-9,12-13,15H2,1H3. The maximum absolute atomic E-state index is 13.3. The number of hydrogen-bond acceptors (Lipinski definition) is 7. The number of allylic oxidation sites excluding steroid dienone is 2. The molecule has 0 amide bonds. The smallest absolute Gasteiger partial charge is 0.315 e. The molecule has 3 aliphatic rings. The summed E-state index contributed by atoms with van der Waals surface area (Å²) >= 11 is 0. The number of ether oxygens (including phenoxy) is 4. The Morgan fingerprint density at radius 1 is 1.06 bits per heavy atom. The van der Waals surface area contributed by atoms with Crippen LogP contribution >= 0.6 is 0 Å². The Bertz CT molecular complexity index is 1140. The van der Waals surface area contributed by atoms with Crippen LogP contribution in [0.5, 0.6) is 17.2 Å². The van der Waals surface area contributed by atoms with Crippen LogP contribution in [-0.4, -0.2) is 37.5 Å². The van der Waals surface area contributed by atoms with Crippen LogP contribution in [-0.2, 0) is 14.3 Å². The van der Waals surface area contributed by atoms with Crippen molar-refractivity contribution in [1.82, 2.24) is 0 Å². The summed E-state index contributed by atoms with van der Waals surface area (Å²) in [5, 5.41) is 0. The van der Waals surface area contributed by atoms with Gasteiger partial charge in [0, 0.05) is 29.3 Å². The maximum Gasteiger partial charge on any atom is 0.315 e. The molecule has 170 valence electrons. The predicted octanol–water partition coefficient (Wildman–Crippen LogP) is 4.22. The van der Waals surface area contributed by atoms with Gasteiger partial charge >= 0.3 is 5.97 Å². The predicted molar refractivity (Wildman–Crippen MR) is 121 cm³/mol. The quantitative estimate of drug-likeness (QED) is 0.487. The Kier molecular flexibility index (Phi) is 5.86. The molecule has 5 rings (SSSR count). The summed E-state index contributed by atoms with van der Waals surface area (Å²) in [6.07, 6.45) is 1.96. The van der Waals surface area contributed by atoms with E-state index in [2.05, 4.69) is 4.99 Å². The molecule has 0 saturated carbocycles. The number of rotatable bonds is 6. The number of nitrogens with zero attached hydrogens (tertiary/aromatic N) is 1. The molecule has 0 radical (unpaired) electrons. The van der Waals surface area contributed by atoms with Gasteiger partial charge in [-0.2, -0.15) is 0 Å². The Morgan fingerprint density at radius 3 is 2.73 bits per heavy atom. The van der Waals surface area contributed by atoms with Crippen LogP contribution < -0.4 is 14.2 Å². The van der Waals surface area contributed by atoms with Gasteiger partial charge in [-0.05, 0) is 49.6 Å². The molecule has 0 saturated heterocycles. The van der Waals surface area contributed by atoms with E-state index in [1.807, 2.05) is 55.5 Å². The molecule has 2 aliphatic heterocycles. The Balaban J connectivity index is 1.39. The van der Waals surface area contributed by atoms with Crippen LogP contribution in [0.2, 0.25) is 0 Å². The van der Waals surface area contributed by atoms with Gasteiger partial charge in [0.05, 0.1) is 0 Å². The van der Waals surface area contributed by atoms with Crippen LogP contribution in [0, 0.1) is 5.92 Å². The van der Waals surface area contributed by atoms with Gasteiger partial charge in [0.2, 0.25) is 6.79 Å². The molecule has 7 heteroatoms. The van der Waals surface area contributed by atoms with Gasteiger partial charge in [-0.15, -0.1) is 0 Å². The zero-order valence-corrected chi connectivity index (χ0v) is 18.4. The van der Waals surface area contributed by atoms with Gasteiger partial charge in [-0.25, -0.2) is 0 Å². The van der Waals surface area contributed by atoms with Crippen LogP contribution in [0.4, 0.5) is 0 Å². The minimum Gasteiger partial charge on any atom is -0.490 e. The summed E-state index contributed by atoms with van der Waals surface area (Å²) in [6, 6.07) is 14.9. The third kappa shape index (κ3) is 4.23. The van der Waals surface area contributed by atoms with Gasteiger partial charge < -0.3 is 18.9 Å². The molecule has 2 heterocycles. The van der Waals surface area contributed by atoms with Crippen molar-refractivity contribution < 1.29 is 28.5 Å². The summed E-state index contributed by atoms with van der Waals surface area (Å²) in [6.45, 7) is 2.32. The van der Waals surface area contributed by atoms with Crippen LogP contribution in [0.15, 0.2) is 64.8 Å². The molecule has 0 N–H and O–H groups in total. The first-order valence-corrected chi connectivity index (χ1v) is 11.2. The molecule has 2 unspecified atom stereocenters. The summed E-state index contributed by atoms with van der Waals surface area (Å²) in [4.78, 5) is 30.9. The minimum absolute atomic E-state index is 0.0420. The molecular weight excluding hydrogens is 422 g/mol. The molecule has 0 fully saturated rings. The summed E-state index contributed by atoms with van der Waals surface area (Å²) in [5.74, 6) is 0.443. The molecule has 33 heavy (non-hydrogen) atoms. The lowest BCUT2D eigenvalue weighted by molar-refractivity contribution is -0.147. The molecule has 2 aromatic carbocycles. The first-order valence-electron chi connectivity index (χ1n) is 11.2. The summed E-state index contributed by atoms with van der Waals surface area (Å²) in [7, 11) is 0. The lowest BCUT2D eigenvalue weighted by Crippen LogP contribution is -2.37. The third-order valence-corrected chi connectivity index (χ3v) is 6.18. The van der Waals surface area contributed by atoms with E-state index in [4.69, 9.17) is 18.9 Å². The van der Waals surface area contributed by atoms with Crippen LogP contribution in [0.25, 0.3) is 0 Å². The lowest BCUT2D eigenvalue weighted by atomic mass is 9.71. The number of hydrogen-bond donors (Lipinski definition) is 0. The first-order chi connectivity index (χ1) is 16.1. The van der Waals surface area contributed by atoms with Gasteiger partial charge in [0.1, 0.15) is 24.9 Å². The monoisotopic (exact) mass is 447 g/mol. The van der Waals surface area contributed by atoms with Crippen molar-refractivity contribution in [2.24, 2.45) is 10.9 Å². The fourth-order valence-electron chi connectivity index (χ4n) is 4.69. The number of carbonyl (C=O) groups excluding carboxylic acids is 2. The highest BCUT2D eigenvalue weighted by Crippen LogP contribution is 2.45. The highest BCUT2D eigenvalue weighted by atomic mass is 16.7. The number of Topliss-reactive ketones (excluding diaryl/α,β-unsaturated/α-hetero) is 1. The number of ketones is 1. The molecule has 1 aliphatic carbocycles. The zero-order chi connectivity index (χ0) is 22.8. The third-order valence-electron chi connectivity index (χ3n) is 6.18. The average Bonchev–Trinajstić information content (AvgIpc) is 3.29. The lowest BCUT2D eigenvalue weighted by Gasteiger charge is -2.34. The van der Waals surface area contributed by atoms with Crippen LogP contribution in [0.3, 0.4) is 0 Å². The Labute approximate surface area is 192 Å². The number of carbonyl (C=O) groups is 2. The Hall–Kier alpha value is -3.61. The summed E-state index contributed by atoms with van der Waals surface area (Å²) in [5.41, 5.74) is 2.87. The molecule has 2 aromatic rings. The fraction of sp³-hybridized carbons (Fsp3) is 0.346. The molecule has 0 aromatic heterocycles. The van der Waals surface area contributed by atoms with Crippen molar-refractivity contribution >= 4 is 17.5 Å². The van der Waals surface area contributed by atoms with Crippen molar-refractivity contribution in [3.63, 3.8) is 0 Å². The fourth-order valence-corrected chi connectivity index (χ4v) is 4.69. The SMILES string of the molecule is CC1=NC2=C(C(=O)CCC2)C(c2ccc3c(c2)OCO3)C1C(=O)OCCOc1ccccc1. The van der Waals surface area contributed by atoms with E-state index in [0.717, 1.165) is 24.1 Å². The minimum atomic E-state index is -0.692. The zero-order valence-electron chi connectivity index (χ0n) is 18.4. The molecule has 7 nitrogen and oxygen atoms in total. The molecule has 2 atom stereocenters. The van der Waals surface area contributed by atoms with Crippen molar-refractivity contribution in [1.29, 1.82) is 0 Å². The van der Waals surface area contributed by atoms with E-state index in [1.54, 1.807) is 0 Å². The highest BCUT2D eigenvalue weighted by Gasteiger charge is 2.43. The van der Waals surface area contributed by atoms with E-state index in [0.29, 0.717) is 35.0 Å². The van der Waals surface area contributed by atoms with Gasteiger partial charge in [-0.1, -0.05) is 24.3 Å². The second kappa shape index (κ2) is 9.10. The topological polar surface area (TPSA) is 83.4 Å². The number of fused-ring (bicyclic) bond motifs is 1.